The highest BCUT2D eigenvalue weighted by molar-refractivity contribution is 5.95. The van der Waals surface area contributed by atoms with Crippen LogP contribution in [0.15, 0.2) is 42.6 Å². The fraction of sp³-hybridized carbons (Fsp3) is 0.435. The SMILES string of the molecule is O=C(NCc1ccc(N2CCCC2=O)cc1)NCc1cccnc1OC1CCCC1. The van der Waals surface area contributed by atoms with Crippen LogP contribution in [0.2, 0.25) is 0 Å². The standard InChI is InChI=1S/C23H28N4O3/c28-21-8-4-14-27(21)19-11-9-17(10-12-19)15-25-23(29)26-16-18-5-3-13-24-22(18)30-20-6-1-2-7-20/h3,5,9-13,20H,1-2,4,6-8,14-16H2,(H2,25,26,29). The Bertz CT molecular complexity index is 878. The van der Waals surface area contributed by atoms with Crippen molar-refractivity contribution >= 4 is 17.6 Å². The van der Waals surface area contributed by atoms with Crippen molar-refractivity contribution in [3.8, 4) is 5.88 Å². The van der Waals surface area contributed by atoms with Gasteiger partial charge < -0.3 is 20.3 Å². The van der Waals surface area contributed by atoms with Crippen LogP contribution < -0.4 is 20.3 Å². The first-order chi connectivity index (χ1) is 14.7. The molecule has 1 saturated heterocycles. The summed E-state index contributed by atoms with van der Waals surface area (Å²) in [6.45, 7) is 1.55. The molecule has 2 N–H and O–H groups in total. The number of nitrogens with one attached hydrogen (secondary N) is 2. The largest absolute Gasteiger partial charge is 0.474 e. The number of pyridine rings is 1. The van der Waals surface area contributed by atoms with Crippen molar-refractivity contribution in [1.82, 2.24) is 15.6 Å². The Kier molecular flexibility index (Phi) is 6.47. The molecule has 0 unspecified atom stereocenters. The molecule has 4 rings (SSSR count). The highest BCUT2D eigenvalue weighted by Gasteiger charge is 2.21. The molecule has 0 radical (unpaired) electrons. The molecule has 2 heterocycles. The predicted molar refractivity (Wildman–Crippen MR) is 114 cm³/mol. The lowest BCUT2D eigenvalue weighted by atomic mass is 10.2. The highest BCUT2D eigenvalue weighted by Crippen LogP contribution is 2.25. The quantitative estimate of drug-likeness (QED) is 0.734. The third kappa shape index (κ3) is 5.09. The zero-order valence-electron chi connectivity index (χ0n) is 17.1. The molecular formula is C23H28N4O3. The molecule has 2 fully saturated rings. The van der Waals surface area contributed by atoms with Crippen LogP contribution in [-0.4, -0.2) is 29.6 Å². The first kappa shape index (κ1) is 20.2. The number of nitrogens with zero attached hydrogens (tertiary/aromatic N) is 2. The van der Waals surface area contributed by atoms with Gasteiger partial charge >= 0.3 is 6.03 Å². The Balaban J connectivity index is 1.25. The van der Waals surface area contributed by atoms with Crippen LogP contribution in [0.5, 0.6) is 5.88 Å². The van der Waals surface area contributed by atoms with E-state index in [0.29, 0.717) is 25.4 Å². The van der Waals surface area contributed by atoms with Crippen LogP contribution >= 0.6 is 0 Å². The highest BCUT2D eigenvalue weighted by atomic mass is 16.5. The minimum absolute atomic E-state index is 0.173. The number of urea groups is 1. The summed E-state index contributed by atoms with van der Waals surface area (Å²) in [7, 11) is 0. The second-order valence-corrected chi connectivity index (χ2v) is 7.84. The minimum atomic E-state index is -0.246. The summed E-state index contributed by atoms with van der Waals surface area (Å²) in [5.41, 5.74) is 2.77. The molecule has 2 aliphatic rings. The molecule has 7 nitrogen and oxygen atoms in total. The van der Waals surface area contributed by atoms with Gasteiger partial charge in [0, 0.05) is 43.5 Å². The number of hydrogen-bond donors (Lipinski definition) is 2. The average molecular weight is 409 g/mol. The van der Waals surface area contributed by atoms with Crippen molar-refractivity contribution in [3.05, 3.63) is 53.7 Å². The first-order valence-corrected chi connectivity index (χ1v) is 10.7. The molecule has 1 aliphatic heterocycles. The van der Waals surface area contributed by atoms with E-state index in [1.54, 1.807) is 6.20 Å². The molecule has 1 aromatic heterocycles. The van der Waals surface area contributed by atoms with E-state index < -0.39 is 0 Å². The van der Waals surface area contributed by atoms with Crippen LogP contribution in [0.25, 0.3) is 0 Å². The summed E-state index contributed by atoms with van der Waals surface area (Å²) >= 11 is 0. The van der Waals surface area contributed by atoms with Gasteiger partial charge in [0.25, 0.3) is 0 Å². The van der Waals surface area contributed by atoms with Gasteiger partial charge in [0.15, 0.2) is 0 Å². The van der Waals surface area contributed by atoms with E-state index in [2.05, 4.69) is 15.6 Å². The lowest BCUT2D eigenvalue weighted by Gasteiger charge is -2.16. The van der Waals surface area contributed by atoms with Gasteiger partial charge in [0.1, 0.15) is 6.10 Å². The van der Waals surface area contributed by atoms with Crippen molar-refractivity contribution in [3.63, 3.8) is 0 Å². The molecule has 1 aromatic carbocycles. The topological polar surface area (TPSA) is 83.6 Å². The van der Waals surface area contributed by atoms with Crippen molar-refractivity contribution in [2.24, 2.45) is 0 Å². The molecule has 0 bridgehead atoms. The van der Waals surface area contributed by atoms with Gasteiger partial charge in [-0.3, -0.25) is 4.79 Å². The predicted octanol–water partition coefficient (Wildman–Crippen LogP) is 3.53. The summed E-state index contributed by atoms with van der Waals surface area (Å²) in [4.78, 5) is 30.2. The number of ether oxygens (including phenoxy) is 1. The van der Waals surface area contributed by atoms with Crippen LogP contribution in [0.3, 0.4) is 0 Å². The number of aromatic nitrogens is 1. The van der Waals surface area contributed by atoms with Gasteiger partial charge in [-0.25, -0.2) is 9.78 Å². The van der Waals surface area contributed by atoms with E-state index in [-0.39, 0.29) is 18.0 Å². The number of rotatable bonds is 7. The van der Waals surface area contributed by atoms with Gasteiger partial charge in [-0.05, 0) is 55.9 Å². The van der Waals surface area contributed by atoms with Crippen LogP contribution in [-0.2, 0) is 17.9 Å². The van der Waals surface area contributed by atoms with Crippen molar-refractivity contribution in [1.29, 1.82) is 0 Å². The number of carbonyl (C=O) groups excluding carboxylic acids is 2. The Morgan fingerprint density at radius 1 is 1.07 bits per heavy atom. The first-order valence-electron chi connectivity index (χ1n) is 10.7. The third-order valence-corrected chi connectivity index (χ3v) is 5.64. The maximum absolute atomic E-state index is 12.2. The zero-order valence-corrected chi connectivity index (χ0v) is 17.1. The van der Waals surface area contributed by atoms with E-state index in [1.165, 1.54) is 12.8 Å². The molecule has 7 heteroatoms. The number of amides is 3. The number of carbonyl (C=O) groups is 2. The average Bonchev–Trinajstić information content (AvgIpc) is 3.44. The Morgan fingerprint density at radius 2 is 1.83 bits per heavy atom. The lowest BCUT2D eigenvalue weighted by Crippen LogP contribution is -2.34. The maximum Gasteiger partial charge on any atom is 0.315 e. The number of anilines is 1. The molecule has 3 amide bonds. The van der Waals surface area contributed by atoms with Crippen LogP contribution in [0.1, 0.15) is 49.7 Å². The van der Waals surface area contributed by atoms with E-state index in [9.17, 15) is 9.59 Å². The molecular weight excluding hydrogens is 380 g/mol. The van der Waals surface area contributed by atoms with Crippen LogP contribution in [0.4, 0.5) is 10.5 Å². The van der Waals surface area contributed by atoms with E-state index in [0.717, 1.165) is 42.6 Å². The molecule has 0 atom stereocenters. The summed E-state index contributed by atoms with van der Waals surface area (Å²) in [5, 5.41) is 5.74. The number of hydrogen-bond acceptors (Lipinski definition) is 4. The minimum Gasteiger partial charge on any atom is -0.474 e. The fourth-order valence-corrected chi connectivity index (χ4v) is 3.96. The molecule has 1 aliphatic carbocycles. The zero-order chi connectivity index (χ0) is 20.8. The van der Waals surface area contributed by atoms with Crippen LogP contribution in [0, 0.1) is 0 Å². The second-order valence-electron chi connectivity index (χ2n) is 7.84. The summed E-state index contributed by atoms with van der Waals surface area (Å²) in [5.74, 6) is 0.781. The van der Waals surface area contributed by atoms with Gasteiger partial charge in [-0.2, -0.15) is 0 Å². The molecule has 30 heavy (non-hydrogen) atoms. The molecule has 158 valence electrons. The number of benzene rings is 1. The van der Waals surface area contributed by atoms with Gasteiger partial charge in [-0.15, -0.1) is 0 Å². The second kappa shape index (κ2) is 9.61. The Morgan fingerprint density at radius 3 is 2.57 bits per heavy atom. The van der Waals surface area contributed by atoms with Crippen molar-refractivity contribution < 1.29 is 14.3 Å². The monoisotopic (exact) mass is 408 g/mol. The van der Waals surface area contributed by atoms with Gasteiger partial charge in [0.2, 0.25) is 11.8 Å². The Labute approximate surface area is 176 Å². The lowest BCUT2D eigenvalue weighted by molar-refractivity contribution is -0.117. The van der Waals surface area contributed by atoms with Gasteiger partial charge in [-0.1, -0.05) is 18.2 Å². The smallest absolute Gasteiger partial charge is 0.315 e. The van der Waals surface area contributed by atoms with E-state index in [4.69, 9.17) is 4.74 Å². The van der Waals surface area contributed by atoms with E-state index in [1.807, 2.05) is 41.3 Å². The van der Waals surface area contributed by atoms with E-state index >= 15 is 0 Å². The molecule has 0 spiro atoms. The fourth-order valence-electron chi connectivity index (χ4n) is 3.96. The summed E-state index contributed by atoms with van der Waals surface area (Å²) < 4.78 is 6.02. The normalized spacial score (nSPS) is 16.7. The Hall–Kier alpha value is -3.09. The maximum atomic E-state index is 12.2. The molecule has 2 aromatic rings. The van der Waals surface area contributed by atoms with Crippen molar-refractivity contribution in [2.75, 3.05) is 11.4 Å². The van der Waals surface area contributed by atoms with Crippen molar-refractivity contribution in [2.45, 2.75) is 57.7 Å². The summed E-state index contributed by atoms with van der Waals surface area (Å²) in [6, 6.07) is 11.3. The summed E-state index contributed by atoms with van der Waals surface area (Å²) in [6.07, 6.45) is 7.99. The van der Waals surface area contributed by atoms with Gasteiger partial charge in [0.05, 0.1) is 0 Å². The molecule has 1 saturated carbocycles. The third-order valence-electron chi connectivity index (χ3n) is 5.64.